The maximum Gasteiger partial charge on any atom is 0.302 e. The van der Waals surface area contributed by atoms with Gasteiger partial charge in [0.2, 0.25) is 0 Å². The van der Waals surface area contributed by atoms with E-state index < -0.39 is 5.60 Å². The van der Waals surface area contributed by atoms with Crippen LogP contribution in [0.15, 0.2) is 30.3 Å². The highest BCUT2D eigenvalue weighted by molar-refractivity contribution is 5.66. The molecule has 172 valence electrons. The van der Waals surface area contributed by atoms with E-state index in [-0.39, 0.29) is 17.5 Å². The summed E-state index contributed by atoms with van der Waals surface area (Å²) in [5.74, 6) is 9.13. The molecule has 0 aliphatic heterocycles. The van der Waals surface area contributed by atoms with Crippen molar-refractivity contribution in [1.29, 1.82) is 0 Å². The molecule has 1 aromatic rings. The molecule has 0 saturated heterocycles. The van der Waals surface area contributed by atoms with Crippen molar-refractivity contribution in [3.63, 3.8) is 0 Å². The molecule has 5 rings (SSSR count). The number of rotatable bonds is 1. The van der Waals surface area contributed by atoms with Gasteiger partial charge in [0.25, 0.3) is 0 Å². The topological polar surface area (TPSA) is 46.5 Å². The highest BCUT2D eigenvalue weighted by Crippen LogP contribution is 2.68. The number of hydrogen-bond donors (Lipinski definition) is 1. The molecule has 1 N–H and O–H groups in total. The number of aliphatic hydroxyl groups is 1. The van der Waals surface area contributed by atoms with E-state index in [1.54, 1.807) is 0 Å². The molecule has 0 bridgehead atoms. The summed E-state index contributed by atoms with van der Waals surface area (Å²) in [5, 5.41) is 11.8. The van der Waals surface area contributed by atoms with Crippen molar-refractivity contribution in [2.24, 2.45) is 34.5 Å². The molecular weight excluding hydrogens is 396 g/mol. The number of carbonyl (C=O) groups excluding carboxylic acids is 1. The van der Waals surface area contributed by atoms with Crippen LogP contribution >= 0.6 is 0 Å². The summed E-state index contributed by atoms with van der Waals surface area (Å²) in [6.45, 7) is 6.39. The first kappa shape index (κ1) is 22.0. The zero-order chi connectivity index (χ0) is 22.6. The van der Waals surface area contributed by atoms with Gasteiger partial charge in [0.15, 0.2) is 0 Å². The Morgan fingerprint density at radius 1 is 1.00 bits per heavy atom. The molecule has 8 atom stereocenters. The van der Waals surface area contributed by atoms with Crippen LogP contribution in [0.4, 0.5) is 0 Å². The van der Waals surface area contributed by atoms with Gasteiger partial charge in [0.05, 0.1) is 0 Å². The van der Waals surface area contributed by atoms with Gasteiger partial charge >= 0.3 is 5.97 Å². The van der Waals surface area contributed by atoms with Crippen LogP contribution in [-0.2, 0) is 9.53 Å². The van der Waals surface area contributed by atoms with Gasteiger partial charge < -0.3 is 9.84 Å². The van der Waals surface area contributed by atoms with Gasteiger partial charge in [-0.05, 0) is 99.0 Å². The fourth-order valence-corrected chi connectivity index (χ4v) is 8.48. The average Bonchev–Trinajstić information content (AvgIpc) is 3.04. The van der Waals surface area contributed by atoms with Crippen LogP contribution in [0.5, 0.6) is 0 Å². The number of esters is 1. The first-order valence-corrected chi connectivity index (χ1v) is 12.7. The van der Waals surface area contributed by atoms with Crippen LogP contribution < -0.4 is 0 Å². The van der Waals surface area contributed by atoms with Crippen LogP contribution in [0.1, 0.15) is 84.1 Å². The SMILES string of the molecule is CC(=O)O[C@H]1CC[C@@]2(C)[C@@H](CC[C@H]3[C@H]2CC[C@@]2(C)[C@@H]3CC[C@@]2(O)C#Cc2ccccc2)C1. The summed E-state index contributed by atoms with van der Waals surface area (Å²) in [5.41, 5.74) is 0.327. The molecule has 4 aliphatic rings. The van der Waals surface area contributed by atoms with E-state index in [4.69, 9.17) is 4.74 Å². The molecule has 4 aliphatic carbocycles. The Balaban J connectivity index is 1.36. The Labute approximate surface area is 193 Å². The number of benzene rings is 1. The molecule has 0 unspecified atom stereocenters. The summed E-state index contributed by atoms with van der Waals surface area (Å²) in [6, 6.07) is 10.1. The third-order valence-corrected chi connectivity index (χ3v) is 10.3. The summed E-state index contributed by atoms with van der Waals surface area (Å²) >= 11 is 0. The molecular formula is C29H38O3. The minimum absolute atomic E-state index is 0.112. The van der Waals surface area contributed by atoms with Crippen molar-refractivity contribution in [2.45, 2.75) is 90.3 Å². The molecule has 3 nitrogen and oxygen atoms in total. The zero-order valence-corrected chi connectivity index (χ0v) is 19.9. The van der Waals surface area contributed by atoms with Gasteiger partial charge in [-0.1, -0.05) is 43.9 Å². The monoisotopic (exact) mass is 434 g/mol. The fraction of sp³-hybridized carbons (Fsp3) is 0.690. The second-order valence-electron chi connectivity index (χ2n) is 11.6. The molecule has 32 heavy (non-hydrogen) atoms. The molecule has 3 heteroatoms. The van der Waals surface area contributed by atoms with Gasteiger partial charge in [0, 0.05) is 17.9 Å². The van der Waals surface area contributed by atoms with Crippen LogP contribution in [0.3, 0.4) is 0 Å². The molecule has 0 aromatic heterocycles. The Kier molecular flexibility index (Phi) is 5.44. The number of carbonyl (C=O) groups is 1. The third-order valence-electron chi connectivity index (χ3n) is 10.3. The minimum Gasteiger partial charge on any atom is -0.463 e. The highest BCUT2D eigenvalue weighted by atomic mass is 16.5. The lowest BCUT2D eigenvalue weighted by molar-refractivity contribution is -0.163. The first-order valence-electron chi connectivity index (χ1n) is 12.7. The second kappa shape index (κ2) is 7.91. The maximum atomic E-state index is 11.8. The van der Waals surface area contributed by atoms with Crippen LogP contribution in [0, 0.1) is 46.3 Å². The van der Waals surface area contributed by atoms with Crippen LogP contribution in [-0.4, -0.2) is 22.8 Å². The Hall–Kier alpha value is -1.79. The summed E-state index contributed by atoms with van der Waals surface area (Å²) in [6.07, 6.45) is 9.94. The van der Waals surface area contributed by atoms with Crippen LogP contribution in [0.25, 0.3) is 0 Å². The Bertz CT molecular complexity index is 929. The quantitative estimate of drug-likeness (QED) is 0.453. The lowest BCUT2D eigenvalue weighted by atomic mass is 9.44. The normalized spacial score (nSPS) is 44.9. The van der Waals surface area contributed by atoms with Gasteiger partial charge in [-0.2, -0.15) is 0 Å². The third kappa shape index (κ3) is 3.41. The summed E-state index contributed by atoms with van der Waals surface area (Å²) in [4.78, 5) is 11.5. The van der Waals surface area contributed by atoms with Gasteiger partial charge in [-0.3, -0.25) is 4.79 Å². The summed E-state index contributed by atoms with van der Waals surface area (Å²) in [7, 11) is 0. The lowest BCUT2D eigenvalue weighted by Crippen LogP contribution is -2.56. The summed E-state index contributed by atoms with van der Waals surface area (Å²) < 4.78 is 5.61. The van der Waals surface area contributed by atoms with Gasteiger partial charge in [0.1, 0.15) is 11.7 Å². The molecule has 0 spiro atoms. The van der Waals surface area contributed by atoms with Crippen molar-refractivity contribution in [3.05, 3.63) is 35.9 Å². The maximum absolute atomic E-state index is 11.8. The number of hydrogen-bond acceptors (Lipinski definition) is 3. The number of ether oxygens (including phenoxy) is 1. The zero-order valence-electron chi connectivity index (χ0n) is 19.9. The first-order chi connectivity index (χ1) is 15.3. The van der Waals surface area contributed by atoms with E-state index >= 15 is 0 Å². The van der Waals surface area contributed by atoms with E-state index in [1.165, 1.54) is 26.2 Å². The van der Waals surface area contributed by atoms with Crippen molar-refractivity contribution in [1.82, 2.24) is 0 Å². The van der Waals surface area contributed by atoms with Crippen molar-refractivity contribution < 1.29 is 14.6 Å². The van der Waals surface area contributed by atoms with Crippen molar-refractivity contribution >= 4 is 5.97 Å². The van der Waals surface area contributed by atoms with E-state index in [1.807, 2.05) is 30.3 Å². The van der Waals surface area contributed by atoms with E-state index in [9.17, 15) is 9.90 Å². The molecule has 1 aromatic carbocycles. The van der Waals surface area contributed by atoms with E-state index in [0.29, 0.717) is 23.2 Å². The molecule has 0 amide bonds. The molecule has 0 radical (unpaired) electrons. The predicted octanol–water partition coefficient (Wildman–Crippen LogP) is 5.74. The largest absolute Gasteiger partial charge is 0.463 e. The lowest BCUT2D eigenvalue weighted by Gasteiger charge is -2.61. The Morgan fingerprint density at radius 2 is 1.75 bits per heavy atom. The molecule has 0 heterocycles. The van der Waals surface area contributed by atoms with Gasteiger partial charge in [-0.25, -0.2) is 0 Å². The predicted molar refractivity (Wildman–Crippen MR) is 126 cm³/mol. The van der Waals surface area contributed by atoms with Gasteiger partial charge in [-0.15, -0.1) is 0 Å². The highest BCUT2D eigenvalue weighted by Gasteiger charge is 2.64. The standard InChI is InChI=1S/C29H38O3/c1-20(30)32-23-12-15-27(2)22(19-23)9-10-24-25(27)13-16-28(3)26(24)14-18-29(28,31)17-11-21-7-5-4-6-8-21/h4-8,22-26,31H,9-10,12-16,18-19H2,1-3H3/t22-,23-,24-,25+,26+,27-,28-,29-/m0/s1. The number of fused-ring (bicyclic) bond motifs is 5. The van der Waals surface area contributed by atoms with E-state index in [0.717, 1.165) is 50.0 Å². The smallest absolute Gasteiger partial charge is 0.302 e. The fourth-order valence-electron chi connectivity index (χ4n) is 8.48. The minimum atomic E-state index is -0.886. The Morgan fingerprint density at radius 3 is 2.50 bits per heavy atom. The average molecular weight is 435 g/mol. The van der Waals surface area contributed by atoms with Crippen molar-refractivity contribution in [3.8, 4) is 11.8 Å². The van der Waals surface area contributed by atoms with E-state index in [2.05, 4.69) is 25.7 Å². The molecule has 4 fully saturated rings. The molecule has 4 saturated carbocycles. The van der Waals surface area contributed by atoms with Crippen LogP contribution in [0.2, 0.25) is 0 Å². The van der Waals surface area contributed by atoms with Crippen molar-refractivity contribution in [2.75, 3.05) is 0 Å². The second-order valence-corrected chi connectivity index (χ2v) is 11.6.